The number of anilines is 2. The first-order chi connectivity index (χ1) is 20.6. The second-order valence-corrected chi connectivity index (χ2v) is 11.1. The normalized spacial score (nSPS) is 11.1. The van der Waals surface area contributed by atoms with E-state index in [0.29, 0.717) is 26.3 Å². The van der Waals surface area contributed by atoms with Crippen LogP contribution in [0.25, 0.3) is 0 Å². The fraction of sp³-hybridized carbons (Fsp3) is 0.0690. The van der Waals surface area contributed by atoms with Crippen LogP contribution in [0.3, 0.4) is 0 Å². The molecule has 0 saturated carbocycles. The molecular formula is C29H24ClN5O7S. The van der Waals surface area contributed by atoms with Crippen molar-refractivity contribution in [2.45, 2.75) is 4.90 Å². The second-order valence-electron chi connectivity index (χ2n) is 8.78. The monoisotopic (exact) mass is 621 g/mol. The molecule has 0 aromatic heterocycles. The van der Waals surface area contributed by atoms with E-state index >= 15 is 0 Å². The smallest absolute Gasteiger partial charge is 0.293 e. The number of carbonyl (C=O) groups is 2. The molecule has 4 aromatic rings. The number of halogens is 1. The van der Waals surface area contributed by atoms with Crippen LogP contribution in [-0.4, -0.2) is 44.5 Å². The number of ether oxygens (including phenoxy) is 1. The lowest BCUT2D eigenvalue weighted by atomic mass is 10.2. The Hall–Kier alpha value is -5.27. The van der Waals surface area contributed by atoms with E-state index < -0.39 is 33.1 Å². The van der Waals surface area contributed by atoms with Crippen molar-refractivity contribution in [1.82, 2.24) is 5.43 Å². The highest BCUT2D eigenvalue weighted by atomic mass is 35.5. The van der Waals surface area contributed by atoms with Gasteiger partial charge in [0.1, 0.15) is 18.0 Å². The van der Waals surface area contributed by atoms with Crippen LogP contribution < -0.4 is 19.8 Å². The van der Waals surface area contributed by atoms with Crippen molar-refractivity contribution in [3.8, 4) is 5.75 Å². The van der Waals surface area contributed by atoms with Gasteiger partial charge in [0.15, 0.2) is 6.61 Å². The highest BCUT2D eigenvalue weighted by Crippen LogP contribution is 2.32. The summed E-state index contributed by atoms with van der Waals surface area (Å²) in [5.74, 6) is -0.798. The zero-order valence-corrected chi connectivity index (χ0v) is 23.9. The van der Waals surface area contributed by atoms with Gasteiger partial charge in [0.2, 0.25) is 0 Å². The SMILES string of the molecule is O=C(CN(c1ccccc1[N+](=O)[O-])S(=O)(=O)c1ccccc1)N/N=C\c1ccc(OCC(=O)Nc2cccc(Cl)c2)cc1. The Balaban J connectivity index is 1.38. The Morgan fingerprint density at radius 2 is 1.63 bits per heavy atom. The highest BCUT2D eigenvalue weighted by Gasteiger charge is 2.31. The first-order valence-corrected chi connectivity index (χ1v) is 14.4. The number of para-hydroxylation sites is 2. The van der Waals surface area contributed by atoms with E-state index in [2.05, 4.69) is 15.8 Å². The quantitative estimate of drug-likeness (QED) is 0.133. The molecule has 4 aromatic carbocycles. The molecule has 2 amide bonds. The molecule has 12 nitrogen and oxygen atoms in total. The molecule has 0 saturated heterocycles. The van der Waals surface area contributed by atoms with E-state index in [0.717, 1.165) is 6.07 Å². The number of hydrazone groups is 1. The van der Waals surface area contributed by atoms with Crippen LogP contribution in [-0.2, 0) is 19.6 Å². The Kier molecular flexibility index (Phi) is 10.0. The molecule has 0 aliphatic rings. The summed E-state index contributed by atoms with van der Waals surface area (Å²) >= 11 is 5.91. The average Bonchev–Trinajstić information content (AvgIpc) is 3.00. The summed E-state index contributed by atoms with van der Waals surface area (Å²) in [5.41, 5.74) is 2.59. The minimum atomic E-state index is -4.35. The second kappa shape index (κ2) is 14.1. The van der Waals surface area contributed by atoms with Crippen LogP contribution in [0.5, 0.6) is 5.75 Å². The van der Waals surface area contributed by atoms with Gasteiger partial charge in [-0.05, 0) is 66.2 Å². The van der Waals surface area contributed by atoms with E-state index in [9.17, 15) is 28.1 Å². The largest absolute Gasteiger partial charge is 0.484 e. The summed E-state index contributed by atoms with van der Waals surface area (Å²) < 4.78 is 33.0. The fourth-order valence-corrected chi connectivity index (χ4v) is 5.40. The maximum Gasteiger partial charge on any atom is 0.293 e. The third-order valence-electron chi connectivity index (χ3n) is 5.73. The van der Waals surface area contributed by atoms with Gasteiger partial charge in [-0.3, -0.25) is 19.7 Å². The van der Waals surface area contributed by atoms with Crippen molar-refractivity contribution < 1.29 is 27.7 Å². The molecular weight excluding hydrogens is 598 g/mol. The lowest BCUT2D eigenvalue weighted by Crippen LogP contribution is -2.39. The molecule has 0 radical (unpaired) electrons. The summed E-state index contributed by atoms with van der Waals surface area (Å²) in [6, 6.07) is 25.6. The third-order valence-corrected chi connectivity index (χ3v) is 7.74. The third kappa shape index (κ3) is 8.38. The number of nitro benzene ring substituents is 1. The van der Waals surface area contributed by atoms with Crippen molar-refractivity contribution in [2.24, 2.45) is 5.10 Å². The zero-order valence-electron chi connectivity index (χ0n) is 22.3. The van der Waals surface area contributed by atoms with Crippen molar-refractivity contribution in [3.63, 3.8) is 0 Å². The number of hydrogen-bond acceptors (Lipinski definition) is 8. The zero-order chi connectivity index (χ0) is 30.8. The van der Waals surface area contributed by atoms with E-state index in [4.69, 9.17) is 16.3 Å². The van der Waals surface area contributed by atoms with Gasteiger partial charge in [0, 0.05) is 16.8 Å². The van der Waals surface area contributed by atoms with Gasteiger partial charge in [-0.25, -0.2) is 18.1 Å². The lowest BCUT2D eigenvalue weighted by molar-refractivity contribution is -0.384. The van der Waals surface area contributed by atoms with Crippen molar-refractivity contribution >= 4 is 56.7 Å². The number of nitro groups is 1. The van der Waals surface area contributed by atoms with E-state index in [1.165, 1.54) is 48.7 Å². The van der Waals surface area contributed by atoms with Gasteiger partial charge in [0.05, 0.1) is 16.0 Å². The predicted octanol–water partition coefficient (Wildman–Crippen LogP) is 4.61. The molecule has 0 unspecified atom stereocenters. The van der Waals surface area contributed by atoms with Crippen LogP contribution in [0.1, 0.15) is 5.56 Å². The molecule has 0 bridgehead atoms. The predicted molar refractivity (Wildman–Crippen MR) is 162 cm³/mol. The van der Waals surface area contributed by atoms with Crippen LogP contribution in [0.4, 0.5) is 17.1 Å². The molecule has 0 aliphatic heterocycles. The number of benzene rings is 4. The maximum atomic E-state index is 13.4. The summed E-state index contributed by atoms with van der Waals surface area (Å²) in [5, 5.41) is 18.6. The minimum Gasteiger partial charge on any atom is -0.484 e. The summed E-state index contributed by atoms with van der Waals surface area (Å²) in [6.45, 7) is -1.01. The molecule has 2 N–H and O–H groups in total. The van der Waals surface area contributed by atoms with E-state index in [-0.39, 0.29) is 23.1 Å². The average molecular weight is 622 g/mol. The van der Waals surface area contributed by atoms with Gasteiger partial charge in [-0.15, -0.1) is 0 Å². The summed E-state index contributed by atoms with van der Waals surface area (Å²) in [4.78, 5) is 35.6. The van der Waals surface area contributed by atoms with Gasteiger partial charge in [0.25, 0.3) is 27.5 Å². The van der Waals surface area contributed by atoms with E-state index in [1.807, 2.05) is 0 Å². The van der Waals surface area contributed by atoms with Crippen LogP contribution in [0, 0.1) is 10.1 Å². The Morgan fingerprint density at radius 3 is 2.33 bits per heavy atom. The van der Waals surface area contributed by atoms with Gasteiger partial charge in [-0.2, -0.15) is 5.10 Å². The maximum absolute atomic E-state index is 13.4. The number of amides is 2. The summed E-state index contributed by atoms with van der Waals surface area (Å²) in [7, 11) is -4.35. The van der Waals surface area contributed by atoms with Crippen molar-refractivity contribution in [3.05, 3.63) is 124 Å². The lowest BCUT2D eigenvalue weighted by Gasteiger charge is -2.23. The number of hydrogen-bond donors (Lipinski definition) is 2. The molecule has 220 valence electrons. The molecule has 43 heavy (non-hydrogen) atoms. The standard InChI is InChI=1S/C29H24ClN5O7S/c30-22-7-6-8-23(17-22)32-29(37)20-42-24-15-13-21(14-16-24)18-31-33-28(36)19-34(26-11-4-5-12-27(26)35(38)39)43(40,41)25-9-2-1-3-10-25/h1-18H,19-20H2,(H,32,37)(H,33,36)/b31-18-. The Morgan fingerprint density at radius 1 is 0.930 bits per heavy atom. The van der Waals surface area contributed by atoms with Crippen molar-refractivity contribution in [2.75, 3.05) is 22.8 Å². The molecule has 4 rings (SSSR count). The highest BCUT2D eigenvalue weighted by molar-refractivity contribution is 7.92. The van der Waals surface area contributed by atoms with Gasteiger partial charge in [-0.1, -0.05) is 48.0 Å². The van der Waals surface area contributed by atoms with Gasteiger partial charge < -0.3 is 10.1 Å². The van der Waals surface area contributed by atoms with Gasteiger partial charge >= 0.3 is 0 Å². The first-order valence-electron chi connectivity index (χ1n) is 12.5. The fourth-order valence-electron chi connectivity index (χ4n) is 3.76. The van der Waals surface area contributed by atoms with E-state index in [1.54, 1.807) is 54.6 Å². The first kappa shape index (κ1) is 30.7. The molecule has 14 heteroatoms. The number of carbonyl (C=O) groups excluding carboxylic acids is 2. The van der Waals surface area contributed by atoms with Crippen molar-refractivity contribution in [1.29, 1.82) is 0 Å². The van der Waals surface area contributed by atoms with Crippen LogP contribution >= 0.6 is 11.6 Å². The Bertz CT molecular complexity index is 1750. The molecule has 0 aliphatic carbocycles. The molecule has 0 fully saturated rings. The topological polar surface area (TPSA) is 160 Å². The number of sulfonamides is 1. The number of nitrogens with zero attached hydrogens (tertiary/aromatic N) is 3. The Labute approximate surface area is 251 Å². The van der Waals surface area contributed by atoms with Crippen LogP contribution in [0.2, 0.25) is 5.02 Å². The molecule has 0 atom stereocenters. The van der Waals surface area contributed by atoms with Crippen LogP contribution in [0.15, 0.2) is 113 Å². The molecule has 0 heterocycles. The minimum absolute atomic E-state index is 0.145. The number of rotatable bonds is 12. The molecule has 0 spiro atoms. The number of nitrogens with one attached hydrogen (secondary N) is 2. The summed E-state index contributed by atoms with van der Waals surface area (Å²) in [6.07, 6.45) is 1.31.